The van der Waals surface area contributed by atoms with Gasteiger partial charge in [0.05, 0.1) is 36.0 Å². The second-order valence-electron chi connectivity index (χ2n) is 6.37. The molecule has 28 heavy (non-hydrogen) atoms. The average Bonchev–Trinajstić information content (AvgIpc) is 3.27. The summed E-state index contributed by atoms with van der Waals surface area (Å²) in [4.78, 5) is 4.24. The monoisotopic (exact) mass is 384 g/mol. The van der Waals surface area contributed by atoms with Gasteiger partial charge in [-0.2, -0.15) is 10.2 Å². The summed E-state index contributed by atoms with van der Waals surface area (Å²) in [5.74, 6) is -1.17. The number of rotatable bonds is 5. The highest BCUT2D eigenvalue weighted by Crippen LogP contribution is 2.40. The second kappa shape index (κ2) is 7.01. The number of aromatic amines is 1. The largest absolute Gasteiger partial charge is 0.494 e. The van der Waals surface area contributed by atoms with Crippen molar-refractivity contribution < 1.29 is 13.5 Å². The Balaban J connectivity index is 1.96. The Hall–Kier alpha value is -3.33. The van der Waals surface area contributed by atoms with Crippen LogP contribution in [0.15, 0.2) is 30.7 Å². The van der Waals surface area contributed by atoms with Gasteiger partial charge in [-0.1, -0.05) is 0 Å². The fourth-order valence-electron chi connectivity index (χ4n) is 3.27. The first-order valence-electron chi connectivity index (χ1n) is 8.56. The summed E-state index contributed by atoms with van der Waals surface area (Å²) in [6, 6.07) is 2.58. The third-order valence-corrected chi connectivity index (χ3v) is 4.46. The minimum atomic E-state index is -0.707. The topological polar surface area (TPSA) is 80.7 Å². The molecule has 0 amide bonds. The van der Waals surface area contributed by atoms with Gasteiger partial charge in [0.1, 0.15) is 23.0 Å². The highest BCUT2D eigenvalue weighted by atomic mass is 19.1. The molecule has 0 spiro atoms. The molecule has 0 atom stereocenters. The molecule has 144 valence electrons. The van der Waals surface area contributed by atoms with Crippen LogP contribution in [0.3, 0.4) is 0 Å². The number of halogens is 2. The van der Waals surface area contributed by atoms with Crippen LogP contribution in [0.25, 0.3) is 33.4 Å². The molecular formula is C19H18F2N6O. The number of fused-ring (bicyclic) bond motifs is 1. The van der Waals surface area contributed by atoms with Crippen molar-refractivity contribution in [3.8, 4) is 28.3 Å². The van der Waals surface area contributed by atoms with Crippen LogP contribution in [-0.4, -0.2) is 39.1 Å². The number of aryl methyl sites for hydroxylation is 1. The summed E-state index contributed by atoms with van der Waals surface area (Å²) < 4.78 is 36.8. The molecule has 0 fully saturated rings. The lowest BCUT2D eigenvalue weighted by Gasteiger charge is -2.12. The Morgan fingerprint density at radius 2 is 1.93 bits per heavy atom. The smallest absolute Gasteiger partial charge is 0.156 e. The number of pyridine rings is 1. The molecule has 0 aliphatic rings. The molecule has 0 aliphatic carbocycles. The Morgan fingerprint density at radius 1 is 1.18 bits per heavy atom. The fourth-order valence-corrected chi connectivity index (χ4v) is 3.27. The zero-order chi connectivity index (χ0) is 19.8. The van der Waals surface area contributed by atoms with E-state index in [1.807, 2.05) is 0 Å². The van der Waals surface area contributed by atoms with Gasteiger partial charge in [0, 0.05) is 25.4 Å². The lowest BCUT2D eigenvalue weighted by atomic mass is 10.0. The Bertz CT molecular complexity index is 1140. The Labute approximate surface area is 159 Å². The number of aromatic nitrogens is 5. The third-order valence-electron chi connectivity index (χ3n) is 4.46. The number of nitrogens with zero attached hydrogens (tertiary/aromatic N) is 4. The summed E-state index contributed by atoms with van der Waals surface area (Å²) in [5, 5.41) is 14.8. The van der Waals surface area contributed by atoms with Gasteiger partial charge in [-0.25, -0.2) is 13.8 Å². The van der Waals surface area contributed by atoms with Crippen LogP contribution >= 0.6 is 0 Å². The number of H-pyrrole nitrogens is 1. The molecule has 0 saturated carbocycles. The van der Waals surface area contributed by atoms with Crippen molar-refractivity contribution in [2.24, 2.45) is 7.05 Å². The van der Waals surface area contributed by atoms with E-state index in [-0.39, 0.29) is 17.0 Å². The third kappa shape index (κ3) is 2.89. The molecule has 4 rings (SSSR count). The molecule has 0 saturated heterocycles. The highest BCUT2D eigenvalue weighted by molar-refractivity contribution is 6.00. The van der Waals surface area contributed by atoms with E-state index in [0.717, 1.165) is 5.56 Å². The fraction of sp³-hybridized carbons (Fsp3) is 0.211. The van der Waals surface area contributed by atoms with Crippen molar-refractivity contribution in [3.63, 3.8) is 0 Å². The predicted molar refractivity (Wildman–Crippen MR) is 101 cm³/mol. The maximum Gasteiger partial charge on any atom is 0.156 e. The van der Waals surface area contributed by atoms with Crippen molar-refractivity contribution in [3.05, 3.63) is 47.9 Å². The zero-order valence-electron chi connectivity index (χ0n) is 15.5. The van der Waals surface area contributed by atoms with E-state index in [2.05, 4.69) is 25.6 Å². The minimum Gasteiger partial charge on any atom is -0.494 e. The zero-order valence-corrected chi connectivity index (χ0v) is 15.5. The Morgan fingerprint density at radius 3 is 2.54 bits per heavy atom. The standard InChI is InChI=1S/C19H18F2N6O/c1-22-6-10-4-12(20)15(13(21)5-10)18-19(28-3)16-14(8-23-18)25-26-17(16)11-7-24-27(2)9-11/h4-5,7-9,22H,6H2,1-3H3,(H,25,26). The van der Waals surface area contributed by atoms with E-state index in [4.69, 9.17) is 4.74 Å². The SMILES string of the molecule is CNCc1cc(F)c(-c2ncc3[nH]nc(-c4cnn(C)c4)c3c2OC)c(F)c1. The molecule has 4 aromatic rings. The van der Waals surface area contributed by atoms with Gasteiger partial charge in [0.15, 0.2) is 5.75 Å². The van der Waals surface area contributed by atoms with Gasteiger partial charge in [-0.05, 0) is 24.7 Å². The van der Waals surface area contributed by atoms with Crippen molar-refractivity contribution >= 4 is 10.9 Å². The average molecular weight is 384 g/mol. The van der Waals surface area contributed by atoms with Gasteiger partial charge in [0.2, 0.25) is 0 Å². The first kappa shape index (κ1) is 18.1. The van der Waals surface area contributed by atoms with Gasteiger partial charge in [0.25, 0.3) is 0 Å². The maximum absolute atomic E-state index is 14.8. The molecule has 0 bridgehead atoms. The molecule has 0 radical (unpaired) electrons. The van der Waals surface area contributed by atoms with E-state index >= 15 is 0 Å². The number of ether oxygens (including phenoxy) is 1. The van der Waals surface area contributed by atoms with Crippen molar-refractivity contribution in [1.29, 1.82) is 0 Å². The molecule has 0 unspecified atom stereocenters. The molecule has 3 heterocycles. The van der Waals surface area contributed by atoms with E-state index in [1.54, 1.807) is 31.2 Å². The van der Waals surface area contributed by atoms with E-state index < -0.39 is 11.6 Å². The van der Waals surface area contributed by atoms with Gasteiger partial charge in [-0.3, -0.25) is 9.78 Å². The van der Waals surface area contributed by atoms with E-state index in [1.165, 1.54) is 25.4 Å². The van der Waals surface area contributed by atoms with Crippen LogP contribution in [0.4, 0.5) is 8.78 Å². The van der Waals surface area contributed by atoms with Gasteiger partial charge >= 0.3 is 0 Å². The van der Waals surface area contributed by atoms with Crippen LogP contribution in [0.1, 0.15) is 5.56 Å². The van der Waals surface area contributed by atoms with Crippen LogP contribution in [0.5, 0.6) is 5.75 Å². The van der Waals surface area contributed by atoms with Gasteiger partial charge < -0.3 is 10.1 Å². The number of hydrogen-bond acceptors (Lipinski definition) is 5. The summed E-state index contributed by atoms with van der Waals surface area (Å²) in [7, 11) is 4.94. The second-order valence-corrected chi connectivity index (χ2v) is 6.37. The molecule has 7 nitrogen and oxygen atoms in total. The van der Waals surface area contributed by atoms with Crippen LogP contribution < -0.4 is 10.1 Å². The number of nitrogens with one attached hydrogen (secondary N) is 2. The highest BCUT2D eigenvalue weighted by Gasteiger charge is 2.24. The quantitative estimate of drug-likeness (QED) is 0.553. The summed E-state index contributed by atoms with van der Waals surface area (Å²) in [6.07, 6.45) is 4.94. The van der Waals surface area contributed by atoms with E-state index in [0.29, 0.717) is 28.7 Å². The lowest BCUT2D eigenvalue weighted by Crippen LogP contribution is -2.07. The summed E-state index contributed by atoms with van der Waals surface area (Å²) in [5.41, 5.74) is 2.24. The lowest BCUT2D eigenvalue weighted by molar-refractivity contribution is 0.419. The number of benzene rings is 1. The maximum atomic E-state index is 14.8. The Kier molecular flexibility index (Phi) is 4.52. The van der Waals surface area contributed by atoms with Crippen molar-refractivity contribution in [2.45, 2.75) is 6.54 Å². The summed E-state index contributed by atoms with van der Waals surface area (Å²) in [6.45, 7) is 0.352. The van der Waals surface area contributed by atoms with Crippen LogP contribution in [-0.2, 0) is 13.6 Å². The predicted octanol–water partition coefficient (Wildman–Crippen LogP) is 3.03. The normalized spacial score (nSPS) is 11.3. The molecule has 0 aliphatic heterocycles. The molecule has 3 aromatic heterocycles. The molecule has 1 aromatic carbocycles. The first-order valence-corrected chi connectivity index (χ1v) is 8.56. The minimum absolute atomic E-state index is 0.0764. The summed E-state index contributed by atoms with van der Waals surface area (Å²) >= 11 is 0. The molecule has 9 heteroatoms. The van der Waals surface area contributed by atoms with Crippen LogP contribution in [0, 0.1) is 11.6 Å². The van der Waals surface area contributed by atoms with Gasteiger partial charge in [-0.15, -0.1) is 0 Å². The van der Waals surface area contributed by atoms with Crippen molar-refractivity contribution in [2.75, 3.05) is 14.2 Å². The first-order chi connectivity index (χ1) is 13.5. The van der Waals surface area contributed by atoms with Crippen molar-refractivity contribution in [1.82, 2.24) is 30.3 Å². The number of hydrogen-bond donors (Lipinski definition) is 2. The van der Waals surface area contributed by atoms with Crippen LogP contribution in [0.2, 0.25) is 0 Å². The molecular weight excluding hydrogens is 366 g/mol. The van der Waals surface area contributed by atoms with E-state index in [9.17, 15) is 8.78 Å². The molecule has 2 N–H and O–H groups in total. The number of methoxy groups -OCH3 is 1.